The van der Waals surface area contributed by atoms with Gasteiger partial charge in [0.05, 0.1) is 35.6 Å². The number of anilines is 1. The molecule has 0 radical (unpaired) electrons. The molecule has 42 heavy (non-hydrogen) atoms. The summed E-state index contributed by atoms with van der Waals surface area (Å²) in [6.07, 6.45) is 7.36. The number of hydrogen-bond acceptors (Lipinski definition) is 7. The average Bonchev–Trinajstić information content (AvgIpc) is 3.56. The normalized spacial score (nSPS) is 47.8. The van der Waals surface area contributed by atoms with Crippen molar-refractivity contribution in [3.8, 4) is 0 Å². The van der Waals surface area contributed by atoms with Crippen LogP contribution in [0.4, 0.5) is 5.13 Å². The fourth-order valence-electron chi connectivity index (χ4n) is 12.2. The van der Waals surface area contributed by atoms with Gasteiger partial charge in [0, 0.05) is 15.7 Å². The molecule has 1 amide bonds. The van der Waals surface area contributed by atoms with Crippen LogP contribution in [0.3, 0.4) is 0 Å². The maximum Gasteiger partial charge on any atom is 0.239 e. The molecule has 2 heterocycles. The van der Waals surface area contributed by atoms with Crippen LogP contribution in [-0.2, 0) is 21.4 Å². The third-order valence-corrected chi connectivity index (χ3v) is 15.5. The highest BCUT2D eigenvalue weighted by molar-refractivity contribution is 7.15. The second kappa shape index (κ2) is 9.24. The molecule has 4 fully saturated rings. The highest BCUT2D eigenvalue weighted by Crippen LogP contribution is 2.79. The van der Waals surface area contributed by atoms with E-state index in [0.717, 1.165) is 57.1 Å². The molecule has 1 saturated heterocycles. The number of thiazole rings is 1. The first-order chi connectivity index (χ1) is 19.3. The topological polar surface area (TPSA) is 118 Å². The fourth-order valence-corrected chi connectivity index (χ4v) is 13.5. The molecule has 8 heteroatoms. The molecule has 1 aromatic rings. The maximum absolute atomic E-state index is 12.4. The Bertz CT molecular complexity index is 1270. The molecule has 0 unspecified atom stereocenters. The number of nitrogens with one attached hydrogen (secondary N) is 1. The van der Waals surface area contributed by atoms with Crippen LogP contribution in [0.15, 0.2) is 0 Å². The Morgan fingerprint density at radius 3 is 2.33 bits per heavy atom. The lowest BCUT2D eigenvalue weighted by molar-refractivity contribution is -0.264. The maximum atomic E-state index is 12.4. The molecule has 236 valence electrons. The van der Waals surface area contributed by atoms with E-state index < -0.39 is 11.7 Å². The monoisotopic (exact) mass is 601 g/mol. The van der Waals surface area contributed by atoms with Crippen molar-refractivity contribution in [1.82, 2.24) is 4.98 Å². The van der Waals surface area contributed by atoms with Crippen LogP contribution in [0.1, 0.15) is 118 Å². The first-order valence-electron chi connectivity index (χ1n) is 16.4. The molecule has 0 aromatic carbocycles. The number of amides is 1. The van der Waals surface area contributed by atoms with Crippen molar-refractivity contribution in [2.24, 2.45) is 45.1 Å². The molecular weight excluding hydrogens is 546 g/mol. The van der Waals surface area contributed by atoms with E-state index in [1.165, 1.54) is 4.88 Å². The van der Waals surface area contributed by atoms with Gasteiger partial charge in [-0.1, -0.05) is 41.5 Å². The van der Waals surface area contributed by atoms with Gasteiger partial charge in [-0.25, -0.2) is 4.98 Å². The van der Waals surface area contributed by atoms with Gasteiger partial charge in [-0.3, -0.25) is 4.79 Å². The Labute approximate surface area is 256 Å². The van der Waals surface area contributed by atoms with E-state index in [4.69, 9.17) is 15.5 Å². The number of rotatable bonds is 4. The Morgan fingerprint density at radius 2 is 1.71 bits per heavy atom. The summed E-state index contributed by atoms with van der Waals surface area (Å²) in [4.78, 5) is 18.3. The Morgan fingerprint density at radius 1 is 1.05 bits per heavy atom. The SMILES string of the molecule is CC(C)(O)[C@H]1CC[C@@](C)([C@H]2CC[C@]3(C)[C@]2(C)[C@H](O)C[C@@H]2[C@@]4(C)Cc5sc(NC(=O)CN)nc5C(C)(C)[C@@H]4CC[C@]23C)O1. The van der Waals surface area contributed by atoms with Crippen molar-refractivity contribution >= 4 is 22.4 Å². The number of carbonyl (C=O) groups is 1. The summed E-state index contributed by atoms with van der Waals surface area (Å²) < 4.78 is 6.78. The average molecular weight is 602 g/mol. The van der Waals surface area contributed by atoms with Crippen molar-refractivity contribution in [3.63, 3.8) is 0 Å². The lowest BCUT2D eigenvalue weighted by Crippen LogP contribution is -2.69. The van der Waals surface area contributed by atoms with Gasteiger partial charge in [-0.05, 0) is 106 Å². The number of aliphatic hydroxyl groups is 2. The van der Waals surface area contributed by atoms with Crippen LogP contribution >= 0.6 is 11.3 Å². The van der Waals surface area contributed by atoms with Crippen molar-refractivity contribution < 1.29 is 19.7 Å². The third-order valence-electron chi connectivity index (χ3n) is 14.6. The Hall–Kier alpha value is -1.06. The van der Waals surface area contributed by atoms with E-state index in [1.54, 1.807) is 11.3 Å². The van der Waals surface area contributed by atoms with E-state index in [1.807, 2.05) is 13.8 Å². The van der Waals surface area contributed by atoms with Crippen LogP contribution in [-0.4, -0.2) is 51.1 Å². The minimum Gasteiger partial charge on any atom is -0.393 e. The highest BCUT2D eigenvalue weighted by atomic mass is 32.1. The largest absolute Gasteiger partial charge is 0.393 e. The van der Waals surface area contributed by atoms with Gasteiger partial charge in [0.25, 0.3) is 0 Å². The molecule has 0 bridgehead atoms. The van der Waals surface area contributed by atoms with Crippen molar-refractivity contribution in [3.05, 3.63) is 10.6 Å². The molecule has 6 rings (SSSR count). The predicted molar refractivity (Wildman–Crippen MR) is 167 cm³/mol. The molecule has 3 saturated carbocycles. The summed E-state index contributed by atoms with van der Waals surface area (Å²) in [5.74, 6) is 0.845. The number of ether oxygens (including phenoxy) is 1. The summed E-state index contributed by atoms with van der Waals surface area (Å²) >= 11 is 1.61. The van der Waals surface area contributed by atoms with E-state index >= 15 is 0 Å². The number of aromatic nitrogens is 1. The smallest absolute Gasteiger partial charge is 0.239 e. The standard InChI is InChI=1S/C34H55N3O4S/c1-28(2)20-10-13-31(6)22(30(20,5)17-19-26(28)37-27(42-19)36-25(39)18-35)16-23(38)34(9)21(11-15-33(31,34)8)32(7)14-12-24(41-32)29(3,4)40/h20-24,38,40H,10-18,35H2,1-9H3,(H,36,37,39)/t20-,21+,22+,23+,24+,30-,31+,32-,33-,34-/m0/s1. The number of hydrogen-bond donors (Lipinski definition) is 4. The third kappa shape index (κ3) is 3.83. The summed E-state index contributed by atoms with van der Waals surface area (Å²) in [5, 5.41) is 26.8. The van der Waals surface area contributed by atoms with Gasteiger partial charge in [0.15, 0.2) is 5.13 Å². The fraction of sp³-hybridized carbons (Fsp3) is 0.882. The van der Waals surface area contributed by atoms with Crippen LogP contribution in [0.5, 0.6) is 0 Å². The van der Waals surface area contributed by atoms with Crippen LogP contribution in [0, 0.1) is 39.4 Å². The molecule has 5 N–H and O–H groups in total. The van der Waals surface area contributed by atoms with Crippen LogP contribution in [0.2, 0.25) is 0 Å². The van der Waals surface area contributed by atoms with Crippen LogP contribution < -0.4 is 11.1 Å². The summed E-state index contributed by atoms with van der Waals surface area (Å²) in [5.41, 5.74) is 5.13. The minimum atomic E-state index is -0.869. The predicted octanol–water partition coefficient (Wildman–Crippen LogP) is 5.81. The van der Waals surface area contributed by atoms with Gasteiger partial charge >= 0.3 is 0 Å². The zero-order chi connectivity index (χ0) is 30.9. The molecule has 4 aliphatic carbocycles. The number of nitrogens with two attached hydrogens (primary N) is 1. The molecule has 7 nitrogen and oxygen atoms in total. The summed E-state index contributed by atoms with van der Waals surface area (Å²) in [7, 11) is 0. The molecule has 0 spiro atoms. The van der Waals surface area contributed by atoms with E-state index in [2.05, 4.69) is 53.8 Å². The number of carbonyl (C=O) groups excluding carboxylic acids is 1. The second-order valence-corrected chi connectivity index (χ2v) is 18.2. The minimum absolute atomic E-state index is 0.00829. The molecule has 5 aliphatic rings. The van der Waals surface area contributed by atoms with Gasteiger partial charge in [0.2, 0.25) is 5.91 Å². The second-order valence-electron chi connectivity index (χ2n) is 17.1. The van der Waals surface area contributed by atoms with E-state index in [9.17, 15) is 15.0 Å². The van der Waals surface area contributed by atoms with Gasteiger partial charge in [-0.15, -0.1) is 11.3 Å². The molecule has 1 aromatic heterocycles. The Kier molecular flexibility index (Phi) is 6.81. The van der Waals surface area contributed by atoms with Crippen molar-refractivity contribution in [2.45, 2.75) is 143 Å². The van der Waals surface area contributed by atoms with Gasteiger partial charge in [-0.2, -0.15) is 0 Å². The summed E-state index contributed by atoms with van der Waals surface area (Å²) in [6, 6.07) is 0. The van der Waals surface area contributed by atoms with Crippen LogP contribution in [0.25, 0.3) is 0 Å². The lowest BCUT2D eigenvalue weighted by atomic mass is 9.33. The molecular formula is C34H55N3O4S. The van der Waals surface area contributed by atoms with E-state index in [-0.39, 0.29) is 57.1 Å². The van der Waals surface area contributed by atoms with Crippen molar-refractivity contribution in [1.29, 1.82) is 0 Å². The Balaban J connectivity index is 1.37. The lowest BCUT2D eigenvalue weighted by Gasteiger charge is -2.72. The van der Waals surface area contributed by atoms with Crippen molar-refractivity contribution in [2.75, 3.05) is 11.9 Å². The van der Waals surface area contributed by atoms with Gasteiger partial charge < -0.3 is 26.0 Å². The number of fused-ring (bicyclic) bond motifs is 6. The quantitative estimate of drug-likeness (QED) is 0.346. The molecule has 10 atom stereocenters. The zero-order valence-corrected chi connectivity index (χ0v) is 28.2. The highest BCUT2D eigenvalue weighted by Gasteiger charge is 2.76. The first-order valence-corrected chi connectivity index (χ1v) is 17.2. The number of aliphatic hydroxyl groups excluding tert-OH is 1. The molecule has 1 aliphatic heterocycles. The number of nitrogens with zero attached hydrogens (tertiary/aromatic N) is 1. The summed E-state index contributed by atoms with van der Waals surface area (Å²) in [6.45, 7) is 20.6. The van der Waals surface area contributed by atoms with E-state index in [0.29, 0.717) is 17.0 Å². The zero-order valence-electron chi connectivity index (χ0n) is 27.4. The first kappa shape index (κ1) is 30.9. The van der Waals surface area contributed by atoms with Gasteiger partial charge in [0.1, 0.15) is 0 Å².